The van der Waals surface area contributed by atoms with Gasteiger partial charge in [-0.05, 0) is 60.8 Å². The number of aromatic nitrogens is 1. The number of benzene rings is 1. The lowest BCUT2D eigenvalue weighted by atomic mass is 10.0. The number of amides is 1. The van der Waals surface area contributed by atoms with Crippen molar-refractivity contribution in [2.24, 2.45) is 0 Å². The molecular weight excluding hydrogens is 425 g/mol. The van der Waals surface area contributed by atoms with Gasteiger partial charge in [-0.1, -0.05) is 32.9 Å². The van der Waals surface area contributed by atoms with E-state index in [4.69, 9.17) is 9.16 Å². The Morgan fingerprint density at radius 2 is 2.00 bits per heavy atom. The fourth-order valence-corrected chi connectivity index (χ4v) is 4.23. The van der Waals surface area contributed by atoms with E-state index >= 15 is 0 Å². The van der Waals surface area contributed by atoms with E-state index in [0.717, 1.165) is 16.8 Å². The smallest absolute Gasteiger partial charge is 0.270 e. The molecule has 0 unspecified atom stereocenters. The zero-order chi connectivity index (χ0) is 23.5. The summed E-state index contributed by atoms with van der Waals surface area (Å²) in [5.74, 6) is -0.138. The minimum Gasteiger partial charge on any atom is -0.474 e. The lowest BCUT2D eigenvalue weighted by Gasteiger charge is -2.36. The fourth-order valence-electron chi connectivity index (χ4n) is 3.19. The molecule has 0 saturated heterocycles. The van der Waals surface area contributed by atoms with Crippen molar-refractivity contribution in [1.82, 2.24) is 10.3 Å². The second kappa shape index (κ2) is 9.58. The van der Waals surface area contributed by atoms with Crippen molar-refractivity contribution >= 4 is 19.9 Å². The molecule has 174 valence electrons. The topological polar surface area (TPSA) is 72.5 Å². The van der Waals surface area contributed by atoms with Crippen molar-refractivity contribution in [3.8, 4) is 5.88 Å². The number of anilines is 1. The third-order valence-corrected chi connectivity index (χ3v) is 10.7. The first kappa shape index (κ1) is 24.2. The van der Waals surface area contributed by atoms with E-state index in [1.165, 1.54) is 12.1 Å². The molecule has 6 nitrogen and oxygen atoms in total. The molecule has 1 atom stereocenters. The number of ether oxygens (including phenoxy) is 1. The standard InChI is InChI=1S/C24H34FN3O3Si/c1-16-15-30-23-20(27-16)14-18(13-17-7-9-19(25)10-8-17)21(28-23)22(29)26-11-12-31-32(5,6)24(2,3)4/h7-10,14,16,27H,11-13,15H2,1-6H3,(H,26,29)/t16-/m0/s1. The second-order valence-electron chi connectivity index (χ2n) is 9.87. The highest BCUT2D eigenvalue weighted by Crippen LogP contribution is 2.36. The molecule has 0 radical (unpaired) electrons. The number of carbonyl (C=O) groups excluding carboxylic acids is 1. The van der Waals surface area contributed by atoms with Gasteiger partial charge in [-0.15, -0.1) is 0 Å². The molecule has 2 N–H and O–H groups in total. The van der Waals surface area contributed by atoms with Gasteiger partial charge in [-0.2, -0.15) is 0 Å². The number of carbonyl (C=O) groups is 1. The first-order chi connectivity index (χ1) is 15.0. The van der Waals surface area contributed by atoms with Crippen LogP contribution in [-0.2, 0) is 10.8 Å². The minimum atomic E-state index is -1.87. The van der Waals surface area contributed by atoms with Gasteiger partial charge in [-0.25, -0.2) is 9.37 Å². The summed E-state index contributed by atoms with van der Waals surface area (Å²) >= 11 is 0. The SMILES string of the molecule is C[C@H]1COc2nc(C(=O)NCCO[Si](C)(C)C(C)(C)C)c(Cc3ccc(F)cc3)cc2N1. The highest BCUT2D eigenvalue weighted by molar-refractivity contribution is 6.74. The molecule has 1 aliphatic rings. The Hall–Kier alpha value is -2.45. The maximum atomic E-state index is 13.3. The zero-order valence-electron chi connectivity index (χ0n) is 19.8. The second-order valence-corrected chi connectivity index (χ2v) is 14.7. The molecule has 1 aromatic heterocycles. The van der Waals surface area contributed by atoms with E-state index in [1.54, 1.807) is 12.1 Å². The van der Waals surface area contributed by atoms with Crippen molar-refractivity contribution in [1.29, 1.82) is 0 Å². The summed E-state index contributed by atoms with van der Waals surface area (Å²) in [6.07, 6.45) is 0.458. The third kappa shape index (κ3) is 5.86. The molecule has 8 heteroatoms. The van der Waals surface area contributed by atoms with Crippen LogP contribution in [0.15, 0.2) is 30.3 Å². The van der Waals surface area contributed by atoms with E-state index in [0.29, 0.717) is 37.8 Å². The van der Waals surface area contributed by atoms with E-state index in [1.807, 2.05) is 13.0 Å². The molecule has 1 aromatic carbocycles. The van der Waals surface area contributed by atoms with Crippen LogP contribution in [0.5, 0.6) is 5.88 Å². The molecule has 1 aliphatic heterocycles. The van der Waals surface area contributed by atoms with Crippen LogP contribution in [0, 0.1) is 5.82 Å². The van der Waals surface area contributed by atoms with Crippen LogP contribution in [0.2, 0.25) is 18.1 Å². The van der Waals surface area contributed by atoms with Gasteiger partial charge in [0.05, 0.1) is 18.3 Å². The summed E-state index contributed by atoms with van der Waals surface area (Å²) in [7, 11) is -1.87. The molecule has 32 heavy (non-hydrogen) atoms. The molecule has 1 amide bonds. The van der Waals surface area contributed by atoms with Crippen LogP contribution >= 0.6 is 0 Å². The predicted octanol–water partition coefficient (Wildman–Crippen LogP) is 4.76. The minimum absolute atomic E-state index is 0.112. The number of hydrogen-bond acceptors (Lipinski definition) is 5. The Labute approximate surface area is 191 Å². The van der Waals surface area contributed by atoms with Gasteiger partial charge in [-0.3, -0.25) is 4.79 Å². The number of hydrogen-bond donors (Lipinski definition) is 2. The van der Waals surface area contributed by atoms with Crippen LogP contribution in [0.3, 0.4) is 0 Å². The summed E-state index contributed by atoms with van der Waals surface area (Å²) in [4.78, 5) is 17.6. The van der Waals surface area contributed by atoms with Crippen LogP contribution in [-0.4, -0.2) is 45.0 Å². The van der Waals surface area contributed by atoms with Gasteiger partial charge in [0.1, 0.15) is 18.1 Å². The Morgan fingerprint density at radius 3 is 2.66 bits per heavy atom. The van der Waals surface area contributed by atoms with E-state index in [9.17, 15) is 9.18 Å². The van der Waals surface area contributed by atoms with Gasteiger partial charge >= 0.3 is 0 Å². The lowest BCUT2D eigenvalue weighted by Crippen LogP contribution is -2.42. The Bertz CT molecular complexity index is 958. The largest absolute Gasteiger partial charge is 0.474 e. The highest BCUT2D eigenvalue weighted by Gasteiger charge is 2.36. The summed E-state index contributed by atoms with van der Waals surface area (Å²) in [5.41, 5.74) is 2.73. The molecule has 0 fully saturated rings. The number of rotatable bonds is 7. The molecule has 0 bridgehead atoms. The Morgan fingerprint density at radius 1 is 1.31 bits per heavy atom. The van der Waals surface area contributed by atoms with Crippen LogP contribution in [0.4, 0.5) is 10.1 Å². The van der Waals surface area contributed by atoms with Crippen molar-refractivity contribution in [2.45, 2.75) is 58.3 Å². The normalized spacial score (nSPS) is 16.0. The molecule has 0 saturated carbocycles. The number of fused-ring (bicyclic) bond motifs is 1. The molecule has 0 spiro atoms. The molecule has 0 aliphatic carbocycles. The number of nitrogens with one attached hydrogen (secondary N) is 2. The summed E-state index contributed by atoms with van der Waals surface area (Å²) in [5, 5.41) is 6.40. The monoisotopic (exact) mass is 459 g/mol. The van der Waals surface area contributed by atoms with Gasteiger partial charge < -0.3 is 19.8 Å². The number of nitrogens with zero attached hydrogens (tertiary/aromatic N) is 1. The number of halogens is 1. The zero-order valence-corrected chi connectivity index (χ0v) is 20.8. The quantitative estimate of drug-likeness (QED) is 0.462. The van der Waals surface area contributed by atoms with E-state index in [-0.39, 0.29) is 22.8 Å². The Kier molecular flexibility index (Phi) is 7.24. The maximum absolute atomic E-state index is 13.3. The van der Waals surface area contributed by atoms with Crippen molar-refractivity contribution in [3.63, 3.8) is 0 Å². The van der Waals surface area contributed by atoms with Crippen LogP contribution in [0.25, 0.3) is 0 Å². The first-order valence-electron chi connectivity index (χ1n) is 11.1. The third-order valence-electron chi connectivity index (χ3n) is 6.12. The van der Waals surface area contributed by atoms with Crippen LogP contribution in [0.1, 0.15) is 49.3 Å². The molecule has 3 rings (SSSR count). The fraction of sp³-hybridized carbons (Fsp3) is 0.500. The van der Waals surface area contributed by atoms with E-state index < -0.39 is 8.32 Å². The molecule has 2 aromatic rings. The van der Waals surface area contributed by atoms with E-state index in [2.05, 4.69) is 49.5 Å². The van der Waals surface area contributed by atoms with Gasteiger partial charge in [0.2, 0.25) is 5.88 Å². The van der Waals surface area contributed by atoms with Gasteiger partial charge in [0, 0.05) is 6.54 Å². The lowest BCUT2D eigenvalue weighted by molar-refractivity contribution is 0.0938. The summed E-state index contributed by atoms with van der Waals surface area (Å²) < 4.78 is 25.2. The highest BCUT2D eigenvalue weighted by atomic mass is 28.4. The first-order valence-corrected chi connectivity index (χ1v) is 14.0. The van der Waals surface area contributed by atoms with Crippen molar-refractivity contribution in [2.75, 3.05) is 25.1 Å². The maximum Gasteiger partial charge on any atom is 0.270 e. The average Bonchev–Trinajstić information content (AvgIpc) is 2.71. The molecule has 2 heterocycles. The molecular formula is C24H34FN3O3Si. The van der Waals surface area contributed by atoms with Crippen molar-refractivity contribution in [3.05, 3.63) is 53.0 Å². The average molecular weight is 460 g/mol. The van der Waals surface area contributed by atoms with Crippen molar-refractivity contribution < 1.29 is 18.3 Å². The summed E-state index contributed by atoms with van der Waals surface area (Å²) in [6.45, 7) is 14.3. The Balaban J connectivity index is 1.76. The summed E-state index contributed by atoms with van der Waals surface area (Å²) in [6, 6.07) is 8.33. The van der Waals surface area contributed by atoms with Crippen LogP contribution < -0.4 is 15.4 Å². The predicted molar refractivity (Wildman–Crippen MR) is 128 cm³/mol. The number of pyridine rings is 1. The van der Waals surface area contributed by atoms with Gasteiger partial charge in [0.15, 0.2) is 8.32 Å². The van der Waals surface area contributed by atoms with Gasteiger partial charge in [0.25, 0.3) is 5.91 Å².